The van der Waals surface area contributed by atoms with E-state index in [9.17, 15) is 34.8 Å². The summed E-state index contributed by atoms with van der Waals surface area (Å²) < 4.78 is 0. The molecule has 2 aromatic rings. The smallest absolute Gasteiger partial charge is 0.255 e. The van der Waals surface area contributed by atoms with Crippen LogP contribution in [0, 0.1) is 17.8 Å². The summed E-state index contributed by atoms with van der Waals surface area (Å²) in [6.45, 7) is 1.41. The van der Waals surface area contributed by atoms with E-state index >= 15 is 0 Å². The number of primary amides is 1. The molecule has 1 saturated carbocycles. The molecule has 1 fully saturated rings. The maximum absolute atomic E-state index is 14.0. The van der Waals surface area contributed by atoms with E-state index in [1.807, 2.05) is 0 Å². The Morgan fingerprint density at radius 1 is 1.07 bits per heavy atom. The van der Waals surface area contributed by atoms with Gasteiger partial charge in [0, 0.05) is 35.6 Å². The lowest BCUT2D eigenvalue weighted by Gasteiger charge is -2.50. The van der Waals surface area contributed by atoms with E-state index < -0.39 is 58.0 Å². The summed E-state index contributed by atoms with van der Waals surface area (Å²) >= 11 is 7.09. The summed E-state index contributed by atoms with van der Waals surface area (Å²) in [5.74, 6) is -6.17. The number of likely N-dealkylation sites (N-methyl/N-ethyl adjacent to an activating group) is 1. The van der Waals surface area contributed by atoms with E-state index in [0.29, 0.717) is 28.6 Å². The Labute approximate surface area is 271 Å². The van der Waals surface area contributed by atoms with Crippen LogP contribution in [0.3, 0.4) is 0 Å². The van der Waals surface area contributed by atoms with Crippen molar-refractivity contribution >= 4 is 29.1 Å². The number of ketones is 2. The lowest BCUT2D eigenvalue weighted by atomic mass is 9.58. The molecule has 7 rings (SSSR count). The number of amides is 1. The van der Waals surface area contributed by atoms with Gasteiger partial charge in [0.25, 0.3) is 5.91 Å². The first-order valence-corrected chi connectivity index (χ1v) is 16.2. The van der Waals surface area contributed by atoms with Crippen LogP contribution in [0.25, 0.3) is 0 Å². The Kier molecular flexibility index (Phi) is 7.36. The third kappa shape index (κ3) is 4.60. The van der Waals surface area contributed by atoms with Crippen LogP contribution in [0.15, 0.2) is 53.0 Å². The van der Waals surface area contributed by atoms with Gasteiger partial charge in [-0.2, -0.15) is 0 Å². The number of allylic oxidation sites excluding steroid dienone is 1. The highest BCUT2D eigenvalue weighted by molar-refractivity contribution is 6.33. The van der Waals surface area contributed by atoms with Crippen molar-refractivity contribution in [1.82, 2.24) is 9.80 Å². The molecule has 0 aromatic heterocycles. The largest absolute Gasteiger partial charge is 0.510 e. The van der Waals surface area contributed by atoms with E-state index in [0.717, 1.165) is 19.4 Å². The average Bonchev–Trinajstić information content (AvgIpc) is 3.71. The standard InChI is InChI=1S/C35H38ClN3O7/c1-38(2)29-23-12-19-11-22-26(30(41)25(19)32(43)35(23,46)33(44)27(31(29)42)34(37)45)24(40)13-20(28(22)36)15-39(14-16-7-8-16)21-9-17-5-3-4-6-18(17)10-21/h3-6,13,16,19,21,23,29,40,42-43,46H,7-12,14-15H2,1-2H3,(H2,37,45)/t19-,23-,29-,35-/m0/s1. The number of carbonyl (C=O) groups is 3. The summed E-state index contributed by atoms with van der Waals surface area (Å²) in [6.07, 6.45) is 4.40. The van der Waals surface area contributed by atoms with Gasteiger partial charge in [-0.25, -0.2) is 0 Å². The number of aliphatic hydroxyl groups excluding tert-OH is 2. The zero-order chi connectivity index (χ0) is 32.8. The quantitative estimate of drug-likeness (QED) is 0.284. The fourth-order valence-electron chi connectivity index (χ4n) is 8.46. The number of nitrogens with two attached hydrogens (primary N) is 1. The Morgan fingerprint density at radius 2 is 1.72 bits per heavy atom. The van der Waals surface area contributed by atoms with Crippen molar-refractivity contribution < 1.29 is 34.8 Å². The topological polar surface area (TPSA) is 165 Å². The molecule has 5 aliphatic carbocycles. The van der Waals surface area contributed by atoms with Crippen LogP contribution in [-0.2, 0) is 35.4 Å². The van der Waals surface area contributed by atoms with Gasteiger partial charge in [0.2, 0.25) is 5.78 Å². The molecule has 0 heterocycles. The van der Waals surface area contributed by atoms with Crippen LogP contribution >= 0.6 is 11.6 Å². The second-order valence-corrected chi connectivity index (χ2v) is 14.3. The molecule has 0 saturated heterocycles. The van der Waals surface area contributed by atoms with Gasteiger partial charge in [0.1, 0.15) is 22.8 Å². The predicted molar refractivity (Wildman–Crippen MR) is 169 cm³/mol. The Bertz CT molecular complexity index is 1740. The van der Waals surface area contributed by atoms with E-state index in [2.05, 4.69) is 29.2 Å². The van der Waals surface area contributed by atoms with Crippen LogP contribution in [0.5, 0.6) is 5.75 Å². The van der Waals surface area contributed by atoms with Crippen molar-refractivity contribution in [3.8, 4) is 5.75 Å². The van der Waals surface area contributed by atoms with Crippen molar-refractivity contribution in [2.45, 2.75) is 62.8 Å². The Hall–Kier alpha value is -3.70. The van der Waals surface area contributed by atoms with Crippen molar-refractivity contribution in [2.24, 2.45) is 23.5 Å². The third-order valence-electron chi connectivity index (χ3n) is 10.8. The van der Waals surface area contributed by atoms with Crippen molar-refractivity contribution in [3.63, 3.8) is 0 Å². The second kappa shape index (κ2) is 10.9. The van der Waals surface area contributed by atoms with Crippen LogP contribution in [0.4, 0.5) is 0 Å². The lowest BCUT2D eigenvalue weighted by Crippen LogP contribution is -2.63. The van der Waals surface area contributed by atoms with Crippen LogP contribution in [0.2, 0.25) is 5.02 Å². The van der Waals surface area contributed by atoms with Crippen molar-refractivity contribution in [2.75, 3.05) is 20.6 Å². The van der Waals surface area contributed by atoms with Gasteiger partial charge in [0.05, 0.1) is 11.6 Å². The summed E-state index contributed by atoms with van der Waals surface area (Å²) in [4.78, 5) is 43.7. The maximum Gasteiger partial charge on any atom is 0.255 e. The highest BCUT2D eigenvalue weighted by Gasteiger charge is 2.63. The van der Waals surface area contributed by atoms with Crippen molar-refractivity contribution in [3.05, 3.63) is 85.8 Å². The zero-order valence-corrected chi connectivity index (χ0v) is 26.5. The van der Waals surface area contributed by atoms with Gasteiger partial charge >= 0.3 is 0 Å². The van der Waals surface area contributed by atoms with E-state index in [-0.39, 0.29) is 35.8 Å². The van der Waals surface area contributed by atoms with E-state index in [1.54, 1.807) is 14.1 Å². The second-order valence-electron chi connectivity index (χ2n) is 13.9. The molecule has 0 unspecified atom stereocenters. The van der Waals surface area contributed by atoms with Crippen LogP contribution in [-0.4, -0.2) is 86.0 Å². The molecule has 46 heavy (non-hydrogen) atoms. The molecule has 5 aliphatic rings. The van der Waals surface area contributed by atoms with E-state index in [1.165, 1.54) is 34.9 Å². The number of nitrogens with zero attached hydrogens (tertiary/aromatic N) is 2. The van der Waals surface area contributed by atoms with Crippen LogP contribution in [0.1, 0.15) is 51.9 Å². The molecular formula is C35H38ClN3O7. The normalized spacial score (nSPS) is 27.7. The molecule has 1 amide bonds. The Morgan fingerprint density at radius 3 is 2.30 bits per heavy atom. The fourth-order valence-corrected chi connectivity index (χ4v) is 8.74. The summed E-state index contributed by atoms with van der Waals surface area (Å²) in [7, 11) is 3.20. The minimum absolute atomic E-state index is 0.0151. The van der Waals surface area contributed by atoms with Gasteiger partial charge in [-0.3, -0.25) is 24.2 Å². The molecule has 10 nitrogen and oxygen atoms in total. The van der Waals surface area contributed by atoms with Crippen molar-refractivity contribution in [1.29, 1.82) is 0 Å². The molecule has 11 heteroatoms. The number of Topliss-reactive ketones (excluding diaryl/α,β-unsaturated/α-hetero) is 2. The predicted octanol–water partition coefficient (Wildman–Crippen LogP) is 3.15. The highest BCUT2D eigenvalue weighted by atomic mass is 35.5. The first-order chi connectivity index (χ1) is 21.8. The van der Waals surface area contributed by atoms with Gasteiger partial charge in [-0.05, 0) is 92.8 Å². The monoisotopic (exact) mass is 647 g/mol. The molecule has 0 bridgehead atoms. The highest BCUT2D eigenvalue weighted by Crippen LogP contribution is 2.53. The van der Waals surface area contributed by atoms with Gasteiger partial charge in [-0.1, -0.05) is 35.9 Å². The zero-order valence-electron chi connectivity index (χ0n) is 25.8. The number of rotatable bonds is 7. The molecule has 6 N–H and O–H groups in total. The number of phenolic OH excluding ortho intramolecular Hbond substituents is 1. The van der Waals surface area contributed by atoms with E-state index in [4.69, 9.17) is 17.3 Å². The van der Waals surface area contributed by atoms with Crippen LogP contribution < -0.4 is 5.73 Å². The molecule has 242 valence electrons. The average molecular weight is 648 g/mol. The first-order valence-electron chi connectivity index (χ1n) is 15.8. The summed E-state index contributed by atoms with van der Waals surface area (Å²) in [6, 6.07) is 9.22. The molecular weight excluding hydrogens is 610 g/mol. The Balaban J connectivity index is 1.26. The van der Waals surface area contributed by atoms with Gasteiger partial charge in [0.15, 0.2) is 11.4 Å². The molecule has 4 atom stereocenters. The molecule has 0 radical (unpaired) electrons. The number of hydrogen-bond donors (Lipinski definition) is 5. The van der Waals surface area contributed by atoms with Gasteiger partial charge < -0.3 is 26.2 Å². The number of aromatic hydroxyl groups is 1. The lowest BCUT2D eigenvalue weighted by molar-refractivity contribution is -0.148. The minimum atomic E-state index is -2.67. The third-order valence-corrected chi connectivity index (χ3v) is 11.3. The van der Waals surface area contributed by atoms with Gasteiger partial charge in [-0.15, -0.1) is 0 Å². The molecule has 2 aromatic carbocycles. The first kappa shape index (κ1) is 30.9. The number of hydrogen-bond acceptors (Lipinski definition) is 9. The fraction of sp³-hybridized carbons (Fsp3) is 0.457. The number of aliphatic hydroxyl groups is 3. The maximum atomic E-state index is 14.0. The number of benzene rings is 2. The number of halogens is 1. The molecule has 0 spiro atoms. The molecule has 0 aliphatic heterocycles. The minimum Gasteiger partial charge on any atom is -0.510 e. The number of carbonyl (C=O) groups excluding carboxylic acids is 3. The summed E-state index contributed by atoms with van der Waals surface area (Å²) in [5.41, 5.74) is 5.49. The SMILES string of the molecule is CN(C)[C@@H]1C(O)=C(C(N)=O)C(=O)[C@@]2(O)C(O)=C3C(=O)c4c(O)cc(CN(CC5CC5)C5Cc6ccccc6C5)c(Cl)c4C[C@H]3C[C@@H]12. The number of fused-ring (bicyclic) bond motifs is 4. The summed E-state index contributed by atoms with van der Waals surface area (Å²) in [5, 5.41) is 46.0. The number of phenols is 1.